The van der Waals surface area contributed by atoms with E-state index in [-0.39, 0.29) is 16.4 Å². The summed E-state index contributed by atoms with van der Waals surface area (Å²) in [4.78, 5) is 34.2. The van der Waals surface area contributed by atoms with Crippen LogP contribution >= 0.6 is 11.8 Å². The summed E-state index contributed by atoms with van der Waals surface area (Å²) in [7, 11) is 0. The van der Waals surface area contributed by atoms with Gasteiger partial charge in [-0.15, -0.1) is 0 Å². The number of carbonyl (C=O) groups is 3. The summed E-state index contributed by atoms with van der Waals surface area (Å²) in [5.74, 6) is 0.415. The normalized spacial score (nSPS) is 17.2. The van der Waals surface area contributed by atoms with Crippen LogP contribution in [0.15, 0.2) is 24.3 Å². The molecular weight excluding hydrogens is 344 g/mol. The summed E-state index contributed by atoms with van der Waals surface area (Å²) < 4.78 is 10.7. The van der Waals surface area contributed by atoms with Gasteiger partial charge in [-0.1, -0.05) is 23.9 Å². The Bertz CT molecular complexity index is 639. The molecule has 1 aliphatic heterocycles. The second kappa shape index (κ2) is 8.24. The first-order chi connectivity index (χ1) is 11.7. The highest BCUT2D eigenvalue weighted by molar-refractivity contribution is 8.15. The number of amides is 3. The van der Waals surface area contributed by atoms with E-state index in [0.717, 1.165) is 17.3 Å². The zero-order valence-corrected chi connectivity index (χ0v) is 15.3. The number of hydrogen-bond acceptors (Lipinski definition) is 6. The van der Waals surface area contributed by atoms with Crippen LogP contribution in [0.3, 0.4) is 0 Å². The van der Waals surface area contributed by atoms with E-state index in [1.807, 2.05) is 12.1 Å². The third-order valence-electron chi connectivity index (χ3n) is 3.15. The molecule has 1 saturated heterocycles. The molecule has 1 aromatic carbocycles. The Morgan fingerprint density at radius 3 is 2.48 bits per heavy atom. The number of carbonyl (C=O) groups excluding carboxylic acids is 3. The molecule has 8 heteroatoms. The Labute approximate surface area is 150 Å². The standard InChI is InChI=1S/C17H22N2O5S/c1-17(2,3)24-15(21)18-8-9-23-12-6-4-11(5-7-12)10-13-14(20)19-16(22)25-13/h4-7,13H,8-10H2,1-3H3,(H,18,21)(H,19,20,22). The minimum Gasteiger partial charge on any atom is -0.492 e. The molecule has 136 valence electrons. The van der Waals surface area contributed by atoms with Crippen molar-refractivity contribution >= 4 is 29.0 Å². The van der Waals surface area contributed by atoms with Crippen LogP contribution in [-0.2, 0) is 16.0 Å². The maximum atomic E-state index is 11.5. The van der Waals surface area contributed by atoms with Gasteiger partial charge in [0.2, 0.25) is 5.91 Å². The van der Waals surface area contributed by atoms with E-state index in [0.29, 0.717) is 25.3 Å². The third-order valence-corrected chi connectivity index (χ3v) is 4.13. The third kappa shape index (κ3) is 6.66. The van der Waals surface area contributed by atoms with Gasteiger partial charge in [0.25, 0.3) is 5.24 Å². The molecule has 0 spiro atoms. The predicted octanol–water partition coefficient (Wildman–Crippen LogP) is 2.48. The molecule has 25 heavy (non-hydrogen) atoms. The molecule has 0 saturated carbocycles. The summed E-state index contributed by atoms with van der Waals surface area (Å²) in [6.07, 6.45) is 0.0104. The molecule has 1 fully saturated rings. The molecule has 1 aromatic rings. The van der Waals surface area contributed by atoms with E-state index in [1.54, 1.807) is 32.9 Å². The molecule has 1 unspecified atom stereocenters. The summed E-state index contributed by atoms with van der Waals surface area (Å²) in [6, 6.07) is 7.30. The Morgan fingerprint density at radius 1 is 1.24 bits per heavy atom. The number of hydrogen-bond donors (Lipinski definition) is 2. The molecule has 0 aliphatic carbocycles. The fraction of sp³-hybridized carbons (Fsp3) is 0.471. The number of benzene rings is 1. The molecule has 2 rings (SSSR count). The van der Waals surface area contributed by atoms with Gasteiger partial charge >= 0.3 is 6.09 Å². The monoisotopic (exact) mass is 366 g/mol. The lowest BCUT2D eigenvalue weighted by Crippen LogP contribution is -2.34. The average molecular weight is 366 g/mol. The first-order valence-corrected chi connectivity index (χ1v) is 8.81. The maximum absolute atomic E-state index is 11.5. The van der Waals surface area contributed by atoms with E-state index < -0.39 is 11.7 Å². The number of ether oxygens (including phenoxy) is 2. The summed E-state index contributed by atoms with van der Waals surface area (Å²) in [5.41, 5.74) is 0.418. The second-order valence-electron chi connectivity index (χ2n) is 6.51. The van der Waals surface area contributed by atoms with Gasteiger partial charge in [-0.3, -0.25) is 14.9 Å². The number of nitrogens with one attached hydrogen (secondary N) is 2. The molecule has 3 amide bonds. The molecule has 7 nitrogen and oxygen atoms in total. The highest BCUT2D eigenvalue weighted by atomic mass is 32.2. The zero-order valence-electron chi connectivity index (χ0n) is 14.5. The van der Waals surface area contributed by atoms with Crippen LogP contribution in [0.5, 0.6) is 5.75 Å². The highest BCUT2D eigenvalue weighted by Gasteiger charge is 2.31. The molecule has 2 N–H and O–H groups in total. The SMILES string of the molecule is CC(C)(C)OC(=O)NCCOc1ccc(CC2SC(=O)NC2=O)cc1. The number of thioether (sulfide) groups is 1. The molecule has 0 aromatic heterocycles. The Hall–Kier alpha value is -2.22. The van der Waals surface area contributed by atoms with Crippen LogP contribution in [0.1, 0.15) is 26.3 Å². The Balaban J connectivity index is 1.71. The lowest BCUT2D eigenvalue weighted by Gasteiger charge is -2.19. The van der Waals surface area contributed by atoms with Crippen LogP contribution in [0.4, 0.5) is 9.59 Å². The lowest BCUT2D eigenvalue weighted by molar-refractivity contribution is -0.118. The predicted molar refractivity (Wildman–Crippen MR) is 94.8 cm³/mol. The fourth-order valence-corrected chi connectivity index (χ4v) is 2.96. The van der Waals surface area contributed by atoms with Crippen LogP contribution in [0.25, 0.3) is 0 Å². The van der Waals surface area contributed by atoms with Crippen LogP contribution in [0.2, 0.25) is 0 Å². The Kier molecular flexibility index (Phi) is 6.30. The van der Waals surface area contributed by atoms with Crippen molar-refractivity contribution in [3.05, 3.63) is 29.8 Å². The zero-order chi connectivity index (χ0) is 18.4. The smallest absolute Gasteiger partial charge is 0.407 e. The van der Waals surface area contributed by atoms with E-state index in [1.165, 1.54) is 0 Å². The van der Waals surface area contributed by atoms with Crippen molar-refractivity contribution in [2.24, 2.45) is 0 Å². The van der Waals surface area contributed by atoms with Crippen LogP contribution in [0, 0.1) is 0 Å². The fourth-order valence-electron chi connectivity index (χ4n) is 2.10. The highest BCUT2D eigenvalue weighted by Crippen LogP contribution is 2.23. The van der Waals surface area contributed by atoms with Gasteiger partial charge in [0.05, 0.1) is 11.8 Å². The van der Waals surface area contributed by atoms with Gasteiger partial charge in [0.15, 0.2) is 0 Å². The first kappa shape index (κ1) is 19.1. The van der Waals surface area contributed by atoms with Crippen molar-refractivity contribution in [1.29, 1.82) is 0 Å². The van der Waals surface area contributed by atoms with E-state index in [4.69, 9.17) is 9.47 Å². The van der Waals surface area contributed by atoms with Crippen molar-refractivity contribution in [3.63, 3.8) is 0 Å². The molecule has 1 heterocycles. The van der Waals surface area contributed by atoms with Crippen molar-refractivity contribution < 1.29 is 23.9 Å². The lowest BCUT2D eigenvalue weighted by atomic mass is 10.1. The van der Waals surface area contributed by atoms with Gasteiger partial charge in [0, 0.05) is 0 Å². The van der Waals surface area contributed by atoms with Crippen molar-refractivity contribution in [2.75, 3.05) is 13.2 Å². The Morgan fingerprint density at radius 2 is 1.92 bits per heavy atom. The van der Waals surface area contributed by atoms with Crippen molar-refractivity contribution in [1.82, 2.24) is 10.6 Å². The van der Waals surface area contributed by atoms with Crippen LogP contribution < -0.4 is 15.4 Å². The topological polar surface area (TPSA) is 93.7 Å². The molecule has 0 bridgehead atoms. The van der Waals surface area contributed by atoms with E-state index in [2.05, 4.69) is 10.6 Å². The van der Waals surface area contributed by atoms with Gasteiger partial charge in [-0.25, -0.2) is 4.79 Å². The van der Waals surface area contributed by atoms with Crippen LogP contribution in [-0.4, -0.2) is 41.2 Å². The largest absolute Gasteiger partial charge is 0.492 e. The summed E-state index contributed by atoms with van der Waals surface area (Å²) in [6.45, 7) is 6.04. The quantitative estimate of drug-likeness (QED) is 0.751. The molecule has 1 aliphatic rings. The first-order valence-electron chi connectivity index (χ1n) is 7.93. The summed E-state index contributed by atoms with van der Waals surface area (Å²) >= 11 is 1.01. The van der Waals surface area contributed by atoms with Gasteiger partial charge in [0.1, 0.15) is 18.0 Å². The summed E-state index contributed by atoms with van der Waals surface area (Å²) in [5, 5.41) is 4.21. The number of imide groups is 1. The minimum absolute atomic E-state index is 0.247. The maximum Gasteiger partial charge on any atom is 0.407 e. The minimum atomic E-state index is -0.528. The second-order valence-corrected chi connectivity index (χ2v) is 7.68. The van der Waals surface area contributed by atoms with Gasteiger partial charge in [-0.05, 0) is 44.9 Å². The molecule has 0 radical (unpaired) electrons. The van der Waals surface area contributed by atoms with E-state index >= 15 is 0 Å². The van der Waals surface area contributed by atoms with Gasteiger partial charge < -0.3 is 14.8 Å². The van der Waals surface area contributed by atoms with E-state index in [9.17, 15) is 14.4 Å². The number of alkyl carbamates (subject to hydrolysis) is 1. The average Bonchev–Trinajstić information content (AvgIpc) is 2.81. The molecular formula is C17H22N2O5S. The van der Waals surface area contributed by atoms with Gasteiger partial charge in [-0.2, -0.15) is 0 Å². The molecule has 1 atom stereocenters. The number of rotatable bonds is 6. The van der Waals surface area contributed by atoms with Crippen molar-refractivity contribution in [3.8, 4) is 5.75 Å². The van der Waals surface area contributed by atoms with Crippen molar-refractivity contribution in [2.45, 2.75) is 38.0 Å².